The lowest BCUT2D eigenvalue weighted by Crippen LogP contribution is -2.17. The molecule has 0 aliphatic rings. The van der Waals surface area contributed by atoms with E-state index in [1.165, 1.54) is 48.3 Å². The van der Waals surface area contributed by atoms with Crippen molar-refractivity contribution in [1.29, 1.82) is 0 Å². The first-order chi connectivity index (χ1) is 18.3. The number of nitrogens with one attached hydrogen (secondary N) is 2. The highest BCUT2D eigenvalue weighted by molar-refractivity contribution is 7.92. The van der Waals surface area contributed by atoms with Crippen LogP contribution in [-0.2, 0) is 10.0 Å². The molecule has 0 saturated heterocycles. The fourth-order valence-corrected chi connectivity index (χ4v) is 5.74. The van der Waals surface area contributed by atoms with Crippen LogP contribution < -0.4 is 10.0 Å². The molecule has 0 unspecified atom stereocenters. The summed E-state index contributed by atoms with van der Waals surface area (Å²) >= 11 is 1.17. The third-order valence-electron chi connectivity index (χ3n) is 5.21. The van der Waals surface area contributed by atoms with E-state index in [9.17, 15) is 17.2 Å². The summed E-state index contributed by atoms with van der Waals surface area (Å²) in [6.45, 7) is 0. The average molecular weight is 556 g/mol. The number of halogens is 3. The molecule has 0 saturated carbocycles. The Morgan fingerprint density at radius 2 is 1.63 bits per heavy atom. The molecule has 3 heterocycles. The first-order valence-corrected chi connectivity index (χ1v) is 13.1. The van der Waals surface area contributed by atoms with Crippen LogP contribution in [0.15, 0.2) is 72.1 Å². The molecule has 0 radical (unpaired) electrons. The van der Waals surface area contributed by atoms with E-state index in [-0.39, 0.29) is 11.3 Å². The number of nitrogens with zero attached hydrogens (tertiary/aromatic N) is 5. The van der Waals surface area contributed by atoms with Crippen LogP contribution in [0.2, 0.25) is 0 Å². The van der Waals surface area contributed by atoms with E-state index in [4.69, 9.17) is 0 Å². The van der Waals surface area contributed by atoms with Crippen LogP contribution in [0.25, 0.3) is 32.5 Å². The zero-order valence-electron chi connectivity index (χ0n) is 19.4. The molecule has 0 aliphatic carbocycles. The van der Waals surface area contributed by atoms with Crippen molar-refractivity contribution < 1.29 is 21.6 Å². The van der Waals surface area contributed by atoms with Gasteiger partial charge in [0.25, 0.3) is 10.0 Å². The fraction of sp³-hybridized carbons (Fsp3) is 0.0417. The summed E-state index contributed by atoms with van der Waals surface area (Å²) in [5.74, 6) is -3.31. The molecule has 0 bridgehead atoms. The molecule has 0 spiro atoms. The van der Waals surface area contributed by atoms with Crippen molar-refractivity contribution >= 4 is 33.0 Å². The van der Waals surface area contributed by atoms with Gasteiger partial charge in [-0.1, -0.05) is 12.1 Å². The van der Waals surface area contributed by atoms with Crippen LogP contribution in [0.4, 0.5) is 24.8 Å². The van der Waals surface area contributed by atoms with Gasteiger partial charge in [-0.2, -0.15) is 0 Å². The summed E-state index contributed by atoms with van der Waals surface area (Å²) in [6.07, 6.45) is 5.99. The number of thiazole rings is 1. The smallest absolute Gasteiger partial charge is 0.267 e. The Labute approximate surface area is 218 Å². The topological polar surface area (TPSA) is 123 Å². The molecule has 2 aromatic carbocycles. The van der Waals surface area contributed by atoms with Gasteiger partial charge in [0.15, 0.2) is 10.7 Å². The molecular formula is C24H16F3N7O2S2. The van der Waals surface area contributed by atoms with Crippen LogP contribution >= 0.6 is 11.3 Å². The molecule has 3 aromatic heterocycles. The standard InChI is InChI=1S/C24H16F3N7O2S2/c1-28-24-31-9-8-17(32-24)21-20(33-23(37-21)18-12-29-10-11-30-18)13-4-2-7-16(19(13)27)34-38(35,36)22-14(25)5-3-6-15(22)26/h2-12,34H,1H3,(H,28,31,32). The van der Waals surface area contributed by atoms with Crippen LogP contribution in [0, 0.1) is 17.5 Å². The third-order valence-corrected chi connectivity index (χ3v) is 7.72. The van der Waals surface area contributed by atoms with E-state index >= 15 is 4.39 Å². The Balaban J connectivity index is 1.64. The van der Waals surface area contributed by atoms with Crippen LogP contribution in [0.3, 0.4) is 0 Å². The van der Waals surface area contributed by atoms with Gasteiger partial charge in [-0.05, 0) is 30.3 Å². The van der Waals surface area contributed by atoms with E-state index in [0.717, 1.165) is 24.3 Å². The molecule has 5 rings (SSSR count). The number of rotatable bonds is 7. The summed E-state index contributed by atoms with van der Waals surface area (Å²) in [5.41, 5.74) is 0.395. The Bertz CT molecular complexity index is 1730. The summed E-state index contributed by atoms with van der Waals surface area (Å²) < 4.78 is 71.7. The van der Waals surface area contributed by atoms with Gasteiger partial charge in [-0.3, -0.25) is 14.7 Å². The second-order valence-electron chi connectivity index (χ2n) is 7.63. The van der Waals surface area contributed by atoms with Gasteiger partial charge in [0, 0.05) is 31.2 Å². The molecule has 0 aliphatic heterocycles. The van der Waals surface area contributed by atoms with Crippen molar-refractivity contribution in [3.05, 3.63) is 84.7 Å². The third kappa shape index (κ3) is 4.78. The Morgan fingerprint density at radius 1 is 0.868 bits per heavy atom. The van der Waals surface area contributed by atoms with Crippen molar-refractivity contribution in [3.8, 4) is 32.5 Å². The summed E-state index contributed by atoms with van der Waals surface area (Å²) in [5, 5.41) is 3.24. The van der Waals surface area contributed by atoms with Crippen molar-refractivity contribution in [2.75, 3.05) is 17.1 Å². The van der Waals surface area contributed by atoms with Gasteiger partial charge < -0.3 is 5.32 Å². The number of hydrogen-bond donors (Lipinski definition) is 2. The zero-order chi connectivity index (χ0) is 26.9. The van der Waals surface area contributed by atoms with Gasteiger partial charge >= 0.3 is 0 Å². The van der Waals surface area contributed by atoms with Crippen LogP contribution in [0.1, 0.15) is 0 Å². The maximum atomic E-state index is 15.8. The zero-order valence-corrected chi connectivity index (χ0v) is 21.0. The van der Waals surface area contributed by atoms with E-state index in [1.807, 2.05) is 4.72 Å². The van der Waals surface area contributed by atoms with Crippen molar-refractivity contribution in [3.63, 3.8) is 0 Å². The quantitative estimate of drug-likeness (QED) is 0.288. The first-order valence-electron chi connectivity index (χ1n) is 10.8. The molecule has 0 amide bonds. The minimum Gasteiger partial charge on any atom is -0.357 e. The average Bonchev–Trinajstić information content (AvgIpc) is 3.35. The minimum atomic E-state index is -4.81. The predicted octanol–water partition coefficient (Wildman–Crippen LogP) is 4.98. The fourth-order valence-electron chi connectivity index (χ4n) is 3.53. The van der Waals surface area contributed by atoms with Gasteiger partial charge in [0.2, 0.25) is 5.95 Å². The molecule has 14 heteroatoms. The second kappa shape index (κ2) is 10.1. The van der Waals surface area contributed by atoms with Crippen molar-refractivity contribution in [2.45, 2.75) is 4.90 Å². The molecule has 0 fully saturated rings. The lowest BCUT2D eigenvalue weighted by Gasteiger charge is -2.12. The Hall–Kier alpha value is -4.43. The Morgan fingerprint density at radius 3 is 2.34 bits per heavy atom. The van der Waals surface area contributed by atoms with Gasteiger partial charge in [-0.25, -0.2) is 36.5 Å². The van der Waals surface area contributed by atoms with Gasteiger partial charge in [0.1, 0.15) is 22.3 Å². The molecule has 2 N–H and O–H groups in total. The molecule has 192 valence electrons. The first kappa shape index (κ1) is 25.2. The number of anilines is 2. The summed E-state index contributed by atoms with van der Waals surface area (Å²) in [7, 11) is -3.17. The second-order valence-corrected chi connectivity index (χ2v) is 10.2. The van der Waals surface area contributed by atoms with Crippen LogP contribution in [-0.4, -0.2) is 40.4 Å². The highest BCUT2D eigenvalue weighted by Crippen LogP contribution is 2.41. The summed E-state index contributed by atoms with van der Waals surface area (Å²) in [4.78, 5) is 20.6. The van der Waals surface area contributed by atoms with Crippen molar-refractivity contribution in [2.24, 2.45) is 0 Å². The van der Waals surface area contributed by atoms with Crippen LogP contribution in [0.5, 0.6) is 0 Å². The Kier molecular flexibility index (Phi) is 6.73. The normalized spacial score (nSPS) is 11.4. The lowest BCUT2D eigenvalue weighted by molar-refractivity contribution is 0.521. The predicted molar refractivity (Wildman–Crippen MR) is 136 cm³/mol. The van der Waals surface area contributed by atoms with Crippen molar-refractivity contribution in [1.82, 2.24) is 24.9 Å². The number of aromatic nitrogens is 5. The van der Waals surface area contributed by atoms with E-state index < -0.39 is 38.1 Å². The monoisotopic (exact) mass is 555 g/mol. The number of sulfonamides is 1. The largest absolute Gasteiger partial charge is 0.357 e. The molecule has 38 heavy (non-hydrogen) atoms. The molecule has 0 atom stereocenters. The highest BCUT2D eigenvalue weighted by atomic mass is 32.2. The number of benzene rings is 2. The minimum absolute atomic E-state index is 0.0785. The van der Waals surface area contributed by atoms with Gasteiger partial charge in [-0.15, -0.1) is 11.3 Å². The summed E-state index contributed by atoms with van der Waals surface area (Å²) in [6, 6.07) is 8.14. The van der Waals surface area contributed by atoms with Gasteiger partial charge in [0.05, 0.1) is 28.1 Å². The highest BCUT2D eigenvalue weighted by Gasteiger charge is 2.27. The SMILES string of the molecule is CNc1nccc(-c2sc(-c3cnccn3)nc2-c2cccc(NS(=O)(=O)c3c(F)cccc3F)c2F)n1. The maximum absolute atomic E-state index is 15.8. The maximum Gasteiger partial charge on any atom is 0.267 e. The molecule has 5 aromatic rings. The van der Waals surface area contributed by atoms with E-state index in [1.54, 1.807) is 13.1 Å². The van der Waals surface area contributed by atoms with E-state index in [2.05, 4.69) is 30.2 Å². The molecule has 9 nitrogen and oxygen atoms in total. The molecular weight excluding hydrogens is 539 g/mol. The van der Waals surface area contributed by atoms with E-state index in [0.29, 0.717) is 27.2 Å². The number of hydrogen-bond acceptors (Lipinski definition) is 9. The lowest BCUT2D eigenvalue weighted by atomic mass is 10.1.